The van der Waals surface area contributed by atoms with Gasteiger partial charge in [-0.2, -0.15) is 5.26 Å². The number of anilines is 3. The van der Waals surface area contributed by atoms with E-state index in [1.54, 1.807) is 7.05 Å². The van der Waals surface area contributed by atoms with Crippen LogP contribution in [0.2, 0.25) is 0 Å². The molecule has 0 aliphatic heterocycles. The molecular weight excluding hydrogens is 631 g/mol. The average molecular weight is 664 g/mol. The van der Waals surface area contributed by atoms with Gasteiger partial charge in [0, 0.05) is 35.9 Å². The number of nitrogens with zero attached hydrogens (tertiary/aromatic N) is 3. The summed E-state index contributed by atoms with van der Waals surface area (Å²) in [5.41, 5.74) is 16.2. The molecule has 0 saturated carbocycles. The van der Waals surface area contributed by atoms with E-state index in [0.717, 1.165) is 50.4 Å². The second kappa shape index (κ2) is 13.0. The van der Waals surface area contributed by atoms with Crippen LogP contribution in [0, 0.1) is 11.3 Å². The standard InChI is InChI=1S/C49H33N3/c1-51-32-35-14-6-8-20-42(35)37-27-36(41-19-7-5-13-34(41)31-50)29-40(30-37)52(38-16-3-2-4-17-38)39-18-11-15-33(28-39)43-25-26-48-45-22-10-9-21-44(45)47-24-12-23-46(43)49(47)48/h2-30,32H,1H3. The molecule has 244 valence electrons. The third-order valence-corrected chi connectivity index (χ3v) is 10.1. The number of aliphatic imine (C=N–C) groups is 1. The first-order chi connectivity index (χ1) is 25.7. The number of rotatable bonds is 7. The lowest BCUT2D eigenvalue weighted by atomic mass is 9.92. The minimum absolute atomic E-state index is 0.636. The molecule has 3 nitrogen and oxygen atoms in total. The van der Waals surface area contributed by atoms with Gasteiger partial charge in [0.15, 0.2) is 0 Å². The smallest absolute Gasteiger partial charge is 0.0998 e. The molecule has 0 atom stereocenters. The highest BCUT2D eigenvalue weighted by Gasteiger charge is 2.23. The molecule has 1 aliphatic carbocycles. The van der Waals surface area contributed by atoms with Gasteiger partial charge in [-0.1, -0.05) is 127 Å². The monoisotopic (exact) mass is 663 g/mol. The lowest BCUT2D eigenvalue weighted by molar-refractivity contribution is 1.28. The van der Waals surface area contributed by atoms with Crippen molar-refractivity contribution in [1.29, 1.82) is 5.26 Å². The summed E-state index contributed by atoms with van der Waals surface area (Å²) < 4.78 is 0. The largest absolute Gasteiger partial charge is 0.310 e. The van der Waals surface area contributed by atoms with Crippen LogP contribution in [0.1, 0.15) is 11.1 Å². The van der Waals surface area contributed by atoms with Gasteiger partial charge in [-0.05, 0) is 115 Å². The Labute approximate surface area is 304 Å². The summed E-state index contributed by atoms with van der Waals surface area (Å²) in [6, 6.07) is 64.5. The maximum atomic E-state index is 10.1. The van der Waals surface area contributed by atoms with Gasteiger partial charge >= 0.3 is 0 Å². The van der Waals surface area contributed by atoms with Gasteiger partial charge in [-0.15, -0.1) is 0 Å². The minimum Gasteiger partial charge on any atom is -0.310 e. The molecule has 0 bridgehead atoms. The third kappa shape index (κ3) is 5.26. The zero-order valence-corrected chi connectivity index (χ0v) is 28.7. The van der Waals surface area contributed by atoms with Crippen LogP contribution >= 0.6 is 0 Å². The number of hydrogen-bond donors (Lipinski definition) is 0. The molecule has 0 fully saturated rings. The van der Waals surface area contributed by atoms with E-state index in [-0.39, 0.29) is 0 Å². The minimum atomic E-state index is 0.636. The van der Waals surface area contributed by atoms with Gasteiger partial charge in [-0.25, -0.2) is 0 Å². The molecule has 0 aromatic heterocycles. The SMILES string of the molecule is CN=Cc1ccccc1-c1cc(-c2ccccc2C#N)cc(N(c2ccccc2)c2cccc(-c3ccc4c5c(cccc35)-c3ccccc3-4)c2)c1. The van der Waals surface area contributed by atoms with Crippen molar-refractivity contribution in [2.24, 2.45) is 4.99 Å². The quantitative estimate of drug-likeness (QED) is 0.159. The summed E-state index contributed by atoms with van der Waals surface area (Å²) in [4.78, 5) is 6.68. The topological polar surface area (TPSA) is 39.4 Å². The second-order valence-corrected chi connectivity index (χ2v) is 13.1. The first-order valence-electron chi connectivity index (χ1n) is 17.5. The average Bonchev–Trinajstić information content (AvgIpc) is 3.54. The van der Waals surface area contributed by atoms with Gasteiger partial charge < -0.3 is 4.90 Å². The van der Waals surface area contributed by atoms with Crippen LogP contribution in [0.3, 0.4) is 0 Å². The Hall–Kier alpha value is -7.02. The van der Waals surface area contributed by atoms with Gasteiger partial charge in [-0.3, -0.25) is 4.99 Å². The second-order valence-electron chi connectivity index (χ2n) is 13.1. The molecule has 0 amide bonds. The van der Waals surface area contributed by atoms with E-state index in [1.807, 2.05) is 42.6 Å². The van der Waals surface area contributed by atoms with E-state index in [0.29, 0.717) is 5.56 Å². The summed E-state index contributed by atoms with van der Waals surface area (Å²) in [6.07, 6.45) is 1.90. The van der Waals surface area contributed by atoms with E-state index < -0.39 is 0 Å². The number of fused-ring (bicyclic) bond motifs is 3. The fourth-order valence-corrected chi connectivity index (χ4v) is 7.79. The lowest BCUT2D eigenvalue weighted by Gasteiger charge is -2.27. The van der Waals surface area contributed by atoms with Crippen LogP contribution in [-0.2, 0) is 0 Å². The van der Waals surface area contributed by atoms with E-state index in [4.69, 9.17) is 0 Å². The van der Waals surface area contributed by atoms with E-state index in [1.165, 1.54) is 38.6 Å². The van der Waals surface area contributed by atoms with Crippen molar-refractivity contribution in [3.05, 3.63) is 187 Å². The normalized spacial score (nSPS) is 11.5. The van der Waals surface area contributed by atoms with Crippen molar-refractivity contribution in [2.45, 2.75) is 0 Å². The van der Waals surface area contributed by atoms with Crippen LogP contribution < -0.4 is 4.90 Å². The Morgan fingerprint density at radius 3 is 1.81 bits per heavy atom. The highest BCUT2D eigenvalue weighted by Crippen LogP contribution is 2.50. The van der Waals surface area contributed by atoms with E-state index >= 15 is 0 Å². The van der Waals surface area contributed by atoms with Crippen molar-refractivity contribution in [3.63, 3.8) is 0 Å². The Morgan fingerprint density at radius 2 is 1.04 bits per heavy atom. The zero-order chi connectivity index (χ0) is 35.0. The third-order valence-electron chi connectivity index (χ3n) is 10.1. The Balaban J connectivity index is 1.26. The molecule has 0 spiro atoms. The molecule has 0 N–H and O–H groups in total. The number of benzene rings is 8. The highest BCUT2D eigenvalue weighted by molar-refractivity contribution is 6.18. The Morgan fingerprint density at radius 1 is 0.462 bits per heavy atom. The molecule has 1 aliphatic rings. The van der Waals surface area contributed by atoms with Crippen molar-refractivity contribution in [2.75, 3.05) is 11.9 Å². The molecule has 8 aromatic carbocycles. The van der Waals surface area contributed by atoms with Gasteiger partial charge in [0.25, 0.3) is 0 Å². The maximum absolute atomic E-state index is 10.1. The van der Waals surface area contributed by atoms with E-state index in [9.17, 15) is 5.26 Å². The zero-order valence-electron chi connectivity index (χ0n) is 28.7. The summed E-state index contributed by atoms with van der Waals surface area (Å²) in [7, 11) is 1.80. The predicted molar refractivity (Wildman–Crippen MR) is 218 cm³/mol. The van der Waals surface area contributed by atoms with Crippen LogP contribution in [0.25, 0.3) is 66.4 Å². The van der Waals surface area contributed by atoms with Crippen molar-refractivity contribution in [1.82, 2.24) is 0 Å². The number of hydrogen-bond acceptors (Lipinski definition) is 3. The fourth-order valence-electron chi connectivity index (χ4n) is 7.79. The first kappa shape index (κ1) is 31.0. The fraction of sp³-hybridized carbons (Fsp3) is 0.0204. The molecule has 3 heteroatoms. The molecule has 0 heterocycles. The summed E-state index contributed by atoms with van der Waals surface area (Å²) in [5.74, 6) is 0. The van der Waals surface area contributed by atoms with Crippen LogP contribution in [-0.4, -0.2) is 13.3 Å². The van der Waals surface area contributed by atoms with Gasteiger partial charge in [0.2, 0.25) is 0 Å². The van der Waals surface area contributed by atoms with Crippen LogP contribution in [0.5, 0.6) is 0 Å². The molecule has 9 rings (SSSR count). The van der Waals surface area contributed by atoms with Gasteiger partial charge in [0.05, 0.1) is 11.6 Å². The molecule has 0 saturated heterocycles. The number of para-hydroxylation sites is 1. The summed E-state index contributed by atoms with van der Waals surface area (Å²) in [5, 5.41) is 12.7. The predicted octanol–water partition coefficient (Wildman–Crippen LogP) is 12.9. The summed E-state index contributed by atoms with van der Waals surface area (Å²) >= 11 is 0. The van der Waals surface area contributed by atoms with Crippen molar-refractivity contribution in [3.8, 4) is 61.7 Å². The summed E-state index contributed by atoms with van der Waals surface area (Å²) in [6.45, 7) is 0. The molecular formula is C49H33N3. The van der Waals surface area contributed by atoms with Crippen molar-refractivity contribution >= 4 is 34.0 Å². The Bertz CT molecular complexity index is 2690. The first-order valence-corrected chi connectivity index (χ1v) is 17.5. The molecule has 0 unspecified atom stereocenters. The lowest BCUT2D eigenvalue weighted by Crippen LogP contribution is -2.10. The van der Waals surface area contributed by atoms with Crippen LogP contribution in [0.15, 0.2) is 181 Å². The highest BCUT2D eigenvalue weighted by atomic mass is 15.1. The van der Waals surface area contributed by atoms with E-state index in [2.05, 4.69) is 155 Å². The van der Waals surface area contributed by atoms with Crippen molar-refractivity contribution < 1.29 is 0 Å². The molecule has 0 radical (unpaired) electrons. The maximum Gasteiger partial charge on any atom is 0.0998 e. The molecule has 52 heavy (non-hydrogen) atoms. The van der Waals surface area contributed by atoms with Crippen LogP contribution in [0.4, 0.5) is 17.1 Å². The number of nitriles is 1. The Kier molecular flexibility index (Phi) is 7.76. The van der Waals surface area contributed by atoms with Gasteiger partial charge in [0.1, 0.15) is 0 Å². The molecule has 8 aromatic rings.